The second-order valence-electron chi connectivity index (χ2n) is 5.10. The Kier molecular flexibility index (Phi) is 6.42. The highest BCUT2D eigenvalue weighted by Crippen LogP contribution is 2.24. The molecule has 136 valence electrons. The van der Waals surface area contributed by atoms with Gasteiger partial charge in [-0.05, 0) is 31.2 Å². The summed E-state index contributed by atoms with van der Waals surface area (Å²) >= 11 is 6.96. The Morgan fingerprint density at radius 2 is 2.00 bits per heavy atom. The first-order valence-electron chi connectivity index (χ1n) is 7.25. The van der Waals surface area contributed by atoms with E-state index in [1.807, 2.05) is 6.92 Å². The van der Waals surface area contributed by atoms with E-state index in [1.54, 1.807) is 12.1 Å². The quantitative estimate of drug-likeness (QED) is 0.333. The molecule has 1 aromatic carbocycles. The third-order valence-electron chi connectivity index (χ3n) is 3.18. The molecule has 0 fully saturated rings. The lowest BCUT2D eigenvalue weighted by molar-refractivity contribution is -0.384. The first-order valence-corrected chi connectivity index (χ1v) is 8.44. The molecule has 0 bridgehead atoms. The van der Waals surface area contributed by atoms with Gasteiger partial charge in [0, 0.05) is 16.5 Å². The van der Waals surface area contributed by atoms with Crippen LogP contribution in [0.1, 0.15) is 24.9 Å². The molecule has 0 radical (unpaired) electrons. The number of ether oxygens (including phenoxy) is 1. The number of carbonyl (C=O) groups is 3. The molecular formula is C16H13ClN2O6S. The van der Waals surface area contributed by atoms with E-state index in [0.717, 1.165) is 10.9 Å². The largest absolute Gasteiger partial charge is 0.456 e. The van der Waals surface area contributed by atoms with Crippen molar-refractivity contribution in [3.8, 4) is 0 Å². The summed E-state index contributed by atoms with van der Waals surface area (Å²) in [7, 11) is 0. The highest BCUT2D eigenvalue weighted by molar-refractivity contribution is 7.14. The minimum Gasteiger partial charge on any atom is -0.456 e. The van der Waals surface area contributed by atoms with E-state index in [2.05, 4.69) is 5.32 Å². The van der Waals surface area contributed by atoms with Crippen LogP contribution in [0.25, 0.3) is 0 Å². The van der Waals surface area contributed by atoms with Crippen LogP contribution >= 0.6 is 22.9 Å². The van der Waals surface area contributed by atoms with Gasteiger partial charge in [0.25, 0.3) is 11.6 Å². The number of nitro benzene ring substituents is 1. The van der Waals surface area contributed by atoms with Crippen LogP contribution in [0, 0.1) is 17.0 Å². The monoisotopic (exact) mass is 396 g/mol. The van der Waals surface area contributed by atoms with Crippen molar-refractivity contribution in [3.05, 3.63) is 60.8 Å². The molecule has 0 spiro atoms. The van der Waals surface area contributed by atoms with Crippen molar-refractivity contribution >= 4 is 46.3 Å². The van der Waals surface area contributed by atoms with Crippen molar-refractivity contribution in [1.82, 2.24) is 5.32 Å². The molecule has 0 aliphatic heterocycles. The lowest BCUT2D eigenvalue weighted by Crippen LogP contribution is -2.31. The number of nitrogens with one attached hydrogen (secondary N) is 1. The van der Waals surface area contributed by atoms with Crippen LogP contribution in [0.15, 0.2) is 30.3 Å². The Bertz CT molecular complexity index is 879. The second-order valence-corrected chi connectivity index (χ2v) is 6.80. The number of esters is 1. The van der Waals surface area contributed by atoms with Crippen LogP contribution in [0.2, 0.25) is 5.02 Å². The molecule has 0 saturated heterocycles. The normalized spacial score (nSPS) is 10.2. The van der Waals surface area contributed by atoms with Crippen molar-refractivity contribution in [2.45, 2.75) is 6.92 Å². The number of aryl methyl sites for hydroxylation is 1. The Morgan fingerprint density at radius 1 is 1.27 bits per heavy atom. The summed E-state index contributed by atoms with van der Waals surface area (Å²) in [4.78, 5) is 46.9. The smallest absolute Gasteiger partial charge is 0.325 e. The minimum atomic E-state index is -0.802. The van der Waals surface area contributed by atoms with Gasteiger partial charge in [-0.15, -0.1) is 11.3 Å². The number of ketones is 1. The van der Waals surface area contributed by atoms with Crippen molar-refractivity contribution < 1.29 is 24.0 Å². The predicted molar refractivity (Wildman–Crippen MR) is 94.8 cm³/mol. The molecule has 0 aliphatic rings. The minimum absolute atomic E-state index is 0.0287. The van der Waals surface area contributed by atoms with E-state index in [1.165, 1.54) is 23.5 Å². The Hall–Kier alpha value is -2.78. The third kappa shape index (κ3) is 5.11. The van der Waals surface area contributed by atoms with Crippen LogP contribution in [-0.4, -0.2) is 35.7 Å². The number of rotatable bonds is 7. The number of hydrogen-bond acceptors (Lipinski definition) is 7. The third-order valence-corrected chi connectivity index (χ3v) is 4.54. The van der Waals surface area contributed by atoms with Gasteiger partial charge in [-0.25, -0.2) is 0 Å². The fourth-order valence-corrected chi connectivity index (χ4v) is 2.88. The average Bonchev–Trinajstić information content (AvgIpc) is 3.04. The fourth-order valence-electron chi connectivity index (χ4n) is 1.90. The highest BCUT2D eigenvalue weighted by atomic mass is 35.5. The second kappa shape index (κ2) is 8.54. The topological polar surface area (TPSA) is 116 Å². The molecular weight excluding hydrogens is 384 g/mol. The van der Waals surface area contributed by atoms with Crippen LogP contribution in [0.4, 0.5) is 5.69 Å². The molecule has 1 aromatic heterocycles. The summed E-state index contributed by atoms with van der Waals surface area (Å²) in [6.45, 7) is 0.942. The van der Waals surface area contributed by atoms with Gasteiger partial charge in [-0.1, -0.05) is 11.6 Å². The Labute approximate surface area is 156 Å². The maximum absolute atomic E-state index is 11.9. The number of halogens is 1. The zero-order valence-corrected chi connectivity index (χ0v) is 15.1. The molecule has 1 heterocycles. The summed E-state index contributed by atoms with van der Waals surface area (Å²) < 4.78 is 4.81. The number of carbonyl (C=O) groups excluding carboxylic acids is 3. The van der Waals surface area contributed by atoms with Gasteiger partial charge in [-0.3, -0.25) is 24.5 Å². The molecule has 1 amide bonds. The molecule has 2 rings (SSSR count). The first-order chi connectivity index (χ1) is 12.3. The molecule has 0 unspecified atom stereocenters. The maximum atomic E-state index is 11.9. The number of nitro groups is 1. The van der Waals surface area contributed by atoms with Gasteiger partial charge in [0.15, 0.2) is 6.61 Å². The van der Waals surface area contributed by atoms with Gasteiger partial charge in [0.2, 0.25) is 5.78 Å². The fraction of sp³-hybridized carbons (Fsp3) is 0.188. The number of Topliss-reactive ketones (excluding diaryl/α,β-unsaturated/α-hetero) is 1. The maximum Gasteiger partial charge on any atom is 0.325 e. The van der Waals surface area contributed by atoms with Crippen LogP contribution in [-0.2, 0) is 9.53 Å². The summed E-state index contributed by atoms with van der Waals surface area (Å²) in [6, 6.07) is 6.94. The Morgan fingerprint density at radius 3 is 2.62 bits per heavy atom. The van der Waals surface area contributed by atoms with Crippen LogP contribution < -0.4 is 5.32 Å². The lowest BCUT2D eigenvalue weighted by Gasteiger charge is -2.06. The van der Waals surface area contributed by atoms with E-state index in [9.17, 15) is 24.5 Å². The summed E-state index contributed by atoms with van der Waals surface area (Å²) in [5, 5.41) is 13.0. The van der Waals surface area contributed by atoms with Gasteiger partial charge in [0.1, 0.15) is 11.6 Å². The van der Waals surface area contributed by atoms with E-state index in [0.29, 0.717) is 4.88 Å². The van der Waals surface area contributed by atoms with Crippen LogP contribution in [0.5, 0.6) is 0 Å². The first kappa shape index (κ1) is 19.5. The zero-order valence-electron chi connectivity index (χ0n) is 13.5. The SMILES string of the molecule is Cc1ccc(C(=O)COC(=O)CNC(=O)c2ccc(Cl)c([N+](=O)[O-])c2)s1. The van der Waals surface area contributed by atoms with Crippen LogP contribution in [0.3, 0.4) is 0 Å². The van der Waals surface area contributed by atoms with Gasteiger partial charge in [-0.2, -0.15) is 0 Å². The zero-order chi connectivity index (χ0) is 19.3. The van der Waals surface area contributed by atoms with Crippen molar-refractivity contribution in [1.29, 1.82) is 0 Å². The molecule has 10 heteroatoms. The molecule has 1 N–H and O–H groups in total. The lowest BCUT2D eigenvalue weighted by atomic mass is 10.2. The average molecular weight is 397 g/mol. The number of benzene rings is 1. The molecule has 0 atom stereocenters. The number of hydrogen-bond donors (Lipinski definition) is 1. The standard InChI is InChI=1S/C16H13ClN2O6S/c1-9-2-5-14(26-9)13(20)8-25-15(21)7-18-16(22)10-3-4-11(17)12(6-10)19(23)24/h2-6H,7-8H2,1H3,(H,18,22). The predicted octanol–water partition coefficient (Wildman–Crippen LogP) is 2.77. The summed E-state index contributed by atoms with van der Waals surface area (Å²) in [5.74, 6) is -1.85. The number of nitrogens with zero attached hydrogens (tertiary/aromatic N) is 1. The van der Waals surface area contributed by atoms with Crippen molar-refractivity contribution in [2.24, 2.45) is 0 Å². The van der Waals surface area contributed by atoms with E-state index < -0.39 is 35.6 Å². The van der Waals surface area contributed by atoms with Crippen molar-refractivity contribution in [2.75, 3.05) is 13.2 Å². The summed E-state index contributed by atoms with van der Waals surface area (Å²) in [6.07, 6.45) is 0. The van der Waals surface area contributed by atoms with Gasteiger partial charge < -0.3 is 10.1 Å². The molecule has 8 nitrogen and oxygen atoms in total. The number of amides is 1. The highest BCUT2D eigenvalue weighted by Gasteiger charge is 2.17. The van der Waals surface area contributed by atoms with Gasteiger partial charge >= 0.3 is 5.97 Å². The molecule has 0 aliphatic carbocycles. The number of thiophene rings is 1. The van der Waals surface area contributed by atoms with Crippen molar-refractivity contribution in [3.63, 3.8) is 0 Å². The van der Waals surface area contributed by atoms with E-state index in [-0.39, 0.29) is 16.4 Å². The van der Waals surface area contributed by atoms with E-state index in [4.69, 9.17) is 16.3 Å². The molecule has 26 heavy (non-hydrogen) atoms. The molecule has 0 saturated carbocycles. The van der Waals surface area contributed by atoms with Gasteiger partial charge in [0.05, 0.1) is 9.80 Å². The Balaban J connectivity index is 1.85. The molecule has 2 aromatic rings. The summed E-state index contributed by atoms with van der Waals surface area (Å²) in [5.41, 5.74) is -0.447. The van der Waals surface area contributed by atoms with E-state index >= 15 is 0 Å².